The summed E-state index contributed by atoms with van der Waals surface area (Å²) in [6.07, 6.45) is 5.39. The van der Waals surface area contributed by atoms with E-state index in [0.29, 0.717) is 13.0 Å². The Morgan fingerprint density at radius 1 is 1.71 bits per heavy atom. The summed E-state index contributed by atoms with van der Waals surface area (Å²) in [6, 6.07) is 0. The number of hydrogen-bond donors (Lipinski definition) is 2. The van der Waals surface area contributed by atoms with Crippen LogP contribution in [0, 0.1) is 12.3 Å². The van der Waals surface area contributed by atoms with E-state index in [-0.39, 0.29) is 12.4 Å². The predicted molar refractivity (Wildman–Crippen MR) is 30.5 cm³/mol. The maximum Gasteiger partial charge on any atom is 0.0317 e. The van der Waals surface area contributed by atoms with Crippen LogP contribution in [-0.4, -0.2) is 11.8 Å². The predicted octanol–water partition coefficient (Wildman–Crippen LogP) is 0.410. The van der Waals surface area contributed by atoms with Crippen molar-refractivity contribution in [1.29, 1.82) is 0 Å². The molecule has 0 rings (SSSR count). The van der Waals surface area contributed by atoms with Gasteiger partial charge in [0.1, 0.15) is 0 Å². The van der Waals surface area contributed by atoms with Gasteiger partial charge in [0.15, 0.2) is 0 Å². The summed E-state index contributed by atoms with van der Waals surface area (Å²) >= 11 is 0. The first kappa shape index (κ1) is 9.91. The first-order chi connectivity index (χ1) is 2.91. The normalized spacial score (nSPS) is 6.29. The summed E-state index contributed by atoms with van der Waals surface area (Å²) in [5, 5.41) is 7.85. The Labute approximate surface area is 49.3 Å². The lowest BCUT2D eigenvalue weighted by Gasteiger charge is -1.83. The Morgan fingerprint density at radius 2 is 2.29 bits per heavy atom. The van der Waals surface area contributed by atoms with E-state index in [2.05, 4.69) is 5.92 Å². The SMILES string of the molecule is C#CCCNO.Cl. The number of hydroxylamine groups is 1. The third kappa shape index (κ3) is 10.7. The van der Waals surface area contributed by atoms with Gasteiger partial charge in [0.05, 0.1) is 0 Å². The van der Waals surface area contributed by atoms with Crippen LogP contribution in [0.25, 0.3) is 0 Å². The molecule has 0 bridgehead atoms. The Balaban J connectivity index is 0. The lowest BCUT2D eigenvalue weighted by atomic mass is 10.5. The highest BCUT2D eigenvalue weighted by Gasteiger charge is 1.70. The van der Waals surface area contributed by atoms with Crippen LogP contribution in [-0.2, 0) is 0 Å². The van der Waals surface area contributed by atoms with Crippen molar-refractivity contribution < 1.29 is 5.21 Å². The fourth-order valence-electron chi connectivity index (χ4n) is 0.128. The zero-order chi connectivity index (χ0) is 4.83. The van der Waals surface area contributed by atoms with Gasteiger partial charge in [-0.1, -0.05) is 0 Å². The summed E-state index contributed by atoms with van der Waals surface area (Å²) in [7, 11) is 0. The Hall–Kier alpha value is -0.230. The molecule has 0 radical (unpaired) electrons. The van der Waals surface area contributed by atoms with Gasteiger partial charge in [-0.25, -0.2) is 5.48 Å². The highest BCUT2D eigenvalue weighted by molar-refractivity contribution is 5.85. The van der Waals surface area contributed by atoms with E-state index >= 15 is 0 Å². The molecule has 0 aliphatic carbocycles. The van der Waals surface area contributed by atoms with Gasteiger partial charge in [-0.05, 0) is 0 Å². The highest BCUT2D eigenvalue weighted by atomic mass is 35.5. The van der Waals surface area contributed by atoms with Gasteiger partial charge in [-0.2, -0.15) is 0 Å². The van der Waals surface area contributed by atoms with Crippen molar-refractivity contribution in [2.45, 2.75) is 6.42 Å². The molecular weight excluding hydrogens is 114 g/mol. The number of nitrogens with one attached hydrogen (secondary N) is 1. The van der Waals surface area contributed by atoms with Crippen LogP contribution in [0.5, 0.6) is 0 Å². The molecule has 2 nitrogen and oxygen atoms in total. The van der Waals surface area contributed by atoms with Crippen LogP contribution in [0.1, 0.15) is 6.42 Å². The van der Waals surface area contributed by atoms with Crippen molar-refractivity contribution in [3.63, 3.8) is 0 Å². The van der Waals surface area contributed by atoms with Crippen molar-refractivity contribution >= 4 is 12.4 Å². The fraction of sp³-hybridized carbons (Fsp3) is 0.500. The Morgan fingerprint density at radius 3 is 2.43 bits per heavy atom. The monoisotopic (exact) mass is 121 g/mol. The minimum Gasteiger partial charge on any atom is -0.317 e. The minimum absolute atomic E-state index is 0. The molecular formula is C4H8ClNO. The van der Waals surface area contributed by atoms with Crippen LogP contribution in [0.2, 0.25) is 0 Å². The van der Waals surface area contributed by atoms with Gasteiger partial charge >= 0.3 is 0 Å². The average molecular weight is 122 g/mol. The lowest BCUT2D eigenvalue weighted by molar-refractivity contribution is 0.169. The molecule has 0 fully saturated rings. The lowest BCUT2D eigenvalue weighted by Crippen LogP contribution is -2.06. The number of hydrogen-bond acceptors (Lipinski definition) is 2. The molecule has 3 heteroatoms. The first-order valence-corrected chi connectivity index (χ1v) is 1.72. The minimum atomic E-state index is 0. The van der Waals surface area contributed by atoms with Gasteiger partial charge in [-0.3, -0.25) is 0 Å². The molecule has 0 saturated heterocycles. The second kappa shape index (κ2) is 9.24. The molecule has 0 aromatic carbocycles. The van der Waals surface area contributed by atoms with Crippen LogP contribution in [0.4, 0.5) is 0 Å². The van der Waals surface area contributed by atoms with Gasteiger partial charge in [0.2, 0.25) is 0 Å². The zero-order valence-corrected chi connectivity index (χ0v) is 4.66. The second-order valence-corrected chi connectivity index (χ2v) is 0.862. The smallest absolute Gasteiger partial charge is 0.0317 e. The average Bonchev–Trinajstić information content (AvgIpc) is 1.61. The summed E-state index contributed by atoms with van der Waals surface area (Å²) in [4.78, 5) is 0. The molecule has 0 amide bonds. The van der Waals surface area contributed by atoms with Gasteiger partial charge in [-0.15, -0.1) is 24.8 Å². The molecule has 42 valence electrons. The van der Waals surface area contributed by atoms with Gasteiger partial charge in [0.25, 0.3) is 0 Å². The van der Waals surface area contributed by atoms with E-state index in [4.69, 9.17) is 11.6 Å². The molecule has 0 unspecified atom stereocenters. The third-order valence-electron chi connectivity index (χ3n) is 0.381. The van der Waals surface area contributed by atoms with Crippen molar-refractivity contribution in [2.24, 2.45) is 0 Å². The summed E-state index contributed by atoms with van der Waals surface area (Å²) < 4.78 is 0. The highest BCUT2D eigenvalue weighted by Crippen LogP contribution is 1.63. The molecule has 0 saturated carbocycles. The maximum atomic E-state index is 7.85. The first-order valence-electron chi connectivity index (χ1n) is 1.72. The third-order valence-corrected chi connectivity index (χ3v) is 0.381. The molecule has 7 heavy (non-hydrogen) atoms. The van der Waals surface area contributed by atoms with Crippen LogP contribution < -0.4 is 5.48 Å². The zero-order valence-electron chi connectivity index (χ0n) is 3.85. The number of rotatable bonds is 2. The van der Waals surface area contributed by atoms with E-state index in [9.17, 15) is 0 Å². The van der Waals surface area contributed by atoms with E-state index in [0.717, 1.165) is 0 Å². The quantitative estimate of drug-likeness (QED) is 0.315. The van der Waals surface area contributed by atoms with Crippen LogP contribution in [0.3, 0.4) is 0 Å². The van der Waals surface area contributed by atoms with Crippen molar-refractivity contribution in [3.05, 3.63) is 0 Å². The number of halogens is 1. The van der Waals surface area contributed by atoms with E-state index in [1.165, 1.54) is 0 Å². The Kier molecular flexibility index (Phi) is 13.1. The van der Waals surface area contributed by atoms with Crippen LogP contribution >= 0.6 is 12.4 Å². The molecule has 0 aliphatic heterocycles. The molecule has 2 N–H and O–H groups in total. The van der Waals surface area contributed by atoms with Crippen LogP contribution in [0.15, 0.2) is 0 Å². The Bertz CT molecular complexity index is 59.2. The molecule has 0 aromatic rings. The number of terminal acetylenes is 1. The standard InChI is InChI=1S/C4H7NO.ClH/c1-2-3-4-5-6;/h1,5-6H,3-4H2;1H. The van der Waals surface area contributed by atoms with E-state index in [1.54, 1.807) is 0 Å². The molecule has 0 aromatic heterocycles. The van der Waals surface area contributed by atoms with Gasteiger partial charge < -0.3 is 5.21 Å². The summed E-state index contributed by atoms with van der Waals surface area (Å²) in [5.74, 6) is 2.35. The summed E-state index contributed by atoms with van der Waals surface area (Å²) in [5.41, 5.74) is 1.93. The van der Waals surface area contributed by atoms with Crippen molar-refractivity contribution in [2.75, 3.05) is 6.54 Å². The second-order valence-electron chi connectivity index (χ2n) is 0.862. The molecule has 0 aliphatic rings. The largest absolute Gasteiger partial charge is 0.317 e. The summed E-state index contributed by atoms with van der Waals surface area (Å²) in [6.45, 7) is 0.483. The van der Waals surface area contributed by atoms with E-state index < -0.39 is 0 Å². The van der Waals surface area contributed by atoms with E-state index in [1.807, 2.05) is 5.48 Å². The molecule has 0 atom stereocenters. The fourth-order valence-corrected chi connectivity index (χ4v) is 0.128. The van der Waals surface area contributed by atoms with Crippen molar-refractivity contribution in [3.8, 4) is 12.3 Å². The van der Waals surface area contributed by atoms with Crippen molar-refractivity contribution in [1.82, 2.24) is 5.48 Å². The van der Waals surface area contributed by atoms with Gasteiger partial charge in [0, 0.05) is 13.0 Å². The topological polar surface area (TPSA) is 32.3 Å². The maximum absolute atomic E-state index is 7.85. The molecule has 0 spiro atoms. The molecule has 0 heterocycles.